The van der Waals surface area contributed by atoms with Crippen LogP contribution >= 0.6 is 15.9 Å². The molecule has 0 aliphatic heterocycles. The van der Waals surface area contributed by atoms with E-state index in [-0.39, 0.29) is 5.82 Å². The smallest absolute Gasteiger partial charge is 0.137 e. The molecule has 2 aromatic rings. The normalized spacial score (nSPS) is 10.7. The standard InChI is InChI=1S/C12H14BrFN4O/c1-15-7-9-8-18(17-16-9)4-5-19-10-2-3-12(14)11(13)6-10/h2-3,6,8,15H,4-5,7H2,1H3. The molecule has 0 aliphatic carbocycles. The Kier molecular flexibility index (Phi) is 4.86. The fraction of sp³-hybridized carbons (Fsp3) is 0.333. The van der Waals surface area contributed by atoms with Crippen molar-refractivity contribution in [2.24, 2.45) is 0 Å². The molecule has 1 N–H and O–H groups in total. The van der Waals surface area contributed by atoms with E-state index >= 15 is 0 Å². The summed E-state index contributed by atoms with van der Waals surface area (Å²) >= 11 is 3.11. The summed E-state index contributed by atoms with van der Waals surface area (Å²) in [4.78, 5) is 0. The van der Waals surface area contributed by atoms with Crippen molar-refractivity contribution in [2.45, 2.75) is 13.1 Å². The number of aromatic nitrogens is 3. The highest BCUT2D eigenvalue weighted by molar-refractivity contribution is 9.10. The molecule has 0 bridgehead atoms. The van der Waals surface area contributed by atoms with E-state index in [0.717, 1.165) is 5.69 Å². The Morgan fingerprint density at radius 3 is 3.05 bits per heavy atom. The molecule has 7 heteroatoms. The summed E-state index contributed by atoms with van der Waals surface area (Å²) in [6.07, 6.45) is 1.86. The Bertz CT molecular complexity index is 546. The van der Waals surface area contributed by atoms with Gasteiger partial charge in [-0.25, -0.2) is 9.07 Å². The number of rotatable bonds is 6. The second-order valence-corrected chi connectivity index (χ2v) is 4.78. The van der Waals surface area contributed by atoms with E-state index < -0.39 is 0 Å². The molecule has 19 heavy (non-hydrogen) atoms. The average Bonchev–Trinajstić information content (AvgIpc) is 2.82. The highest BCUT2D eigenvalue weighted by Crippen LogP contribution is 2.21. The highest BCUT2D eigenvalue weighted by atomic mass is 79.9. The summed E-state index contributed by atoms with van der Waals surface area (Å²) in [6.45, 7) is 1.72. The van der Waals surface area contributed by atoms with Gasteiger partial charge in [-0.2, -0.15) is 0 Å². The SMILES string of the molecule is CNCc1cn(CCOc2ccc(F)c(Br)c2)nn1. The maximum absolute atomic E-state index is 13.0. The van der Waals surface area contributed by atoms with Gasteiger partial charge in [0.2, 0.25) is 0 Å². The van der Waals surface area contributed by atoms with Gasteiger partial charge < -0.3 is 10.1 Å². The molecular formula is C12H14BrFN4O. The second-order valence-electron chi connectivity index (χ2n) is 3.93. The molecule has 102 valence electrons. The second kappa shape index (κ2) is 6.63. The minimum atomic E-state index is -0.305. The molecule has 0 aliphatic rings. The first kappa shape index (κ1) is 14.0. The molecule has 0 atom stereocenters. The summed E-state index contributed by atoms with van der Waals surface area (Å²) in [5.41, 5.74) is 0.882. The topological polar surface area (TPSA) is 52.0 Å². The Morgan fingerprint density at radius 2 is 2.32 bits per heavy atom. The van der Waals surface area contributed by atoms with Gasteiger partial charge in [0.15, 0.2) is 0 Å². The van der Waals surface area contributed by atoms with Gasteiger partial charge >= 0.3 is 0 Å². The lowest BCUT2D eigenvalue weighted by Crippen LogP contribution is -2.09. The van der Waals surface area contributed by atoms with E-state index in [4.69, 9.17) is 4.74 Å². The molecule has 0 saturated heterocycles. The van der Waals surface area contributed by atoms with Crippen LogP contribution in [0.2, 0.25) is 0 Å². The minimum Gasteiger partial charge on any atom is -0.492 e. The van der Waals surface area contributed by atoms with Crippen molar-refractivity contribution in [1.82, 2.24) is 20.3 Å². The number of benzene rings is 1. The van der Waals surface area contributed by atoms with Crippen LogP contribution in [0.4, 0.5) is 4.39 Å². The zero-order valence-corrected chi connectivity index (χ0v) is 12.0. The van der Waals surface area contributed by atoms with Crippen LogP contribution in [0.5, 0.6) is 5.75 Å². The molecule has 1 heterocycles. The van der Waals surface area contributed by atoms with Gasteiger partial charge in [0.05, 0.1) is 16.7 Å². The van der Waals surface area contributed by atoms with E-state index in [1.54, 1.807) is 16.8 Å². The number of nitrogens with zero attached hydrogens (tertiary/aromatic N) is 3. The van der Waals surface area contributed by atoms with Crippen molar-refractivity contribution in [3.8, 4) is 5.75 Å². The molecule has 0 fully saturated rings. The predicted octanol–water partition coefficient (Wildman–Crippen LogP) is 1.98. The third-order valence-electron chi connectivity index (χ3n) is 2.42. The lowest BCUT2D eigenvalue weighted by Gasteiger charge is -2.06. The van der Waals surface area contributed by atoms with E-state index in [1.165, 1.54) is 6.07 Å². The number of ether oxygens (including phenoxy) is 1. The highest BCUT2D eigenvalue weighted by Gasteiger charge is 2.02. The molecule has 0 amide bonds. The third kappa shape index (κ3) is 4.00. The zero-order chi connectivity index (χ0) is 13.7. The van der Waals surface area contributed by atoms with Crippen LogP contribution in [0.15, 0.2) is 28.9 Å². The van der Waals surface area contributed by atoms with Gasteiger partial charge in [-0.1, -0.05) is 5.21 Å². The van der Waals surface area contributed by atoms with E-state index in [2.05, 4.69) is 31.6 Å². The van der Waals surface area contributed by atoms with E-state index in [9.17, 15) is 4.39 Å². The Labute approximate surface area is 118 Å². The molecule has 1 aromatic heterocycles. The first-order valence-corrected chi connectivity index (χ1v) is 6.60. The fourth-order valence-electron chi connectivity index (χ4n) is 1.53. The van der Waals surface area contributed by atoms with Gasteiger partial charge in [-0.3, -0.25) is 0 Å². The molecule has 0 unspecified atom stereocenters. The number of hydrogen-bond donors (Lipinski definition) is 1. The van der Waals surface area contributed by atoms with Gasteiger partial charge in [-0.15, -0.1) is 5.10 Å². The molecule has 1 aromatic carbocycles. The number of nitrogens with one attached hydrogen (secondary N) is 1. The number of halogens is 2. The van der Waals surface area contributed by atoms with Crippen molar-refractivity contribution < 1.29 is 9.13 Å². The Hall–Kier alpha value is -1.47. The van der Waals surface area contributed by atoms with Crippen LogP contribution in [-0.2, 0) is 13.1 Å². The summed E-state index contributed by atoms with van der Waals surface area (Å²) < 4.78 is 20.6. The van der Waals surface area contributed by atoms with Crippen molar-refractivity contribution in [1.29, 1.82) is 0 Å². The van der Waals surface area contributed by atoms with E-state index in [1.807, 2.05) is 13.2 Å². The maximum atomic E-state index is 13.0. The van der Waals surface area contributed by atoms with Gasteiger partial charge in [-0.05, 0) is 41.2 Å². The molecular weight excluding hydrogens is 315 g/mol. The monoisotopic (exact) mass is 328 g/mol. The predicted molar refractivity (Wildman–Crippen MR) is 72.4 cm³/mol. The maximum Gasteiger partial charge on any atom is 0.137 e. The van der Waals surface area contributed by atoms with Gasteiger partial charge in [0, 0.05) is 12.7 Å². The molecule has 5 nitrogen and oxygen atoms in total. The largest absolute Gasteiger partial charge is 0.492 e. The van der Waals surface area contributed by atoms with Crippen LogP contribution in [0.1, 0.15) is 5.69 Å². The number of hydrogen-bond acceptors (Lipinski definition) is 4. The Morgan fingerprint density at radius 1 is 1.47 bits per heavy atom. The molecule has 2 rings (SSSR count). The summed E-state index contributed by atoms with van der Waals surface area (Å²) in [5.74, 6) is 0.309. The lowest BCUT2D eigenvalue weighted by atomic mass is 10.3. The van der Waals surface area contributed by atoms with Crippen LogP contribution in [0.25, 0.3) is 0 Å². The zero-order valence-electron chi connectivity index (χ0n) is 10.4. The van der Waals surface area contributed by atoms with Crippen molar-refractivity contribution in [3.05, 3.63) is 40.4 Å². The van der Waals surface area contributed by atoms with Crippen LogP contribution in [-0.4, -0.2) is 28.6 Å². The van der Waals surface area contributed by atoms with Gasteiger partial charge in [0.25, 0.3) is 0 Å². The van der Waals surface area contributed by atoms with Crippen molar-refractivity contribution in [2.75, 3.05) is 13.7 Å². The minimum absolute atomic E-state index is 0.305. The van der Waals surface area contributed by atoms with E-state index in [0.29, 0.717) is 29.9 Å². The van der Waals surface area contributed by atoms with Crippen molar-refractivity contribution in [3.63, 3.8) is 0 Å². The summed E-state index contributed by atoms with van der Waals surface area (Å²) in [6, 6.07) is 4.55. The fourth-order valence-corrected chi connectivity index (χ4v) is 1.89. The Balaban J connectivity index is 1.83. The van der Waals surface area contributed by atoms with Crippen LogP contribution < -0.4 is 10.1 Å². The molecule has 0 spiro atoms. The van der Waals surface area contributed by atoms with Gasteiger partial charge in [0.1, 0.15) is 18.2 Å². The first-order chi connectivity index (χ1) is 9.19. The lowest BCUT2D eigenvalue weighted by molar-refractivity contribution is 0.289. The first-order valence-electron chi connectivity index (χ1n) is 5.80. The quantitative estimate of drug-likeness (QED) is 0.881. The summed E-state index contributed by atoms with van der Waals surface area (Å²) in [7, 11) is 1.86. The molecule has 0 saturated carbocycles. The van der Waals surface area contributed by atoms with Crippen molar-refractivity contribution >= 4 is 15.9 Å². The third-order valence-corrected chi connectivity index (χ3v) is 3.03. The van der Waals surface area contributed by atoms with Crippen LogP contribution in [0, 0.1) is 5.82 Å². The van der Waals surface area contributed by atoms with Crippen LogP contribution in [0.3, 0.4) is 0 Å². The average molecular weight is 329 g/mol. The summed E-state index contributed by atoms with van der Waals surface area (Å²) in [5, 5.41) is 11.0. The molecule has 0 radical (unpaired) electrons.